The van der Waals surface area contributed by atoms with Crippen LogP contribution in [0, 0.1) is 0 Å². The smallest absolute Gasteiger partial charge is 0.129 e. The lowest BCUT2D eigenvalue weighted by Crippen LogP contribution is -2.25. The van der Waals surface area contributed by atoms with E-state index in [9.17, 15) is 0 Å². The second-order valence-corrected chi connectivity index (χ2v) is 13.0. The number of nitrogens with zero attached hydrogens (tertiary/aromatic N) is 2. The van der Waals surface area contributed by atoms with Crippen molar-refractivity contribution in [3.05, 3.63) is 82.6 Å². The third-order valence-electron chi connectivity index (χ3n) is 8.09. The minimum Gasteiger partial charge on any atom is -0.497 e. The molecule has 0 spiro atoms. The molecule has 0 saturated carbocycles. The molecule has 1 aromatic heterocycles. The molecular formula is C35H43BrN2O3S. The first kappa shape index (κ1) is 30.9. The number of ether oxygens (including phenoxy) is 3. The number of likely N-dealkylation sites (tertiary alicyclic amines) is 2. The fraction of sp³-hybridized carbons (Fsp3) is 0.429. The summed E-state index contributed by atoms with van der Waals surface area (Å²) in [7, 11) is 1.72. The Hall–Kier alpha value is -2.58. The van der Waals surface area contributed by atoms with Gasteiger partial charge in [0.1, 0.15) is 30.5 Å². The van der Waals surface area contributed by atoms with Crippen LogP contribution in [-0.4, -0.2) is 69.4 Å². The number of hydrogen-bond donors (Lipinski definition) is 0. The minimum atomic E-state index is 0.689. The van der Waals surface area contributed by atoms with Gasteiger partial charge in [0, 0.05) is 22.7 Å². The van der Waals surface area contributed by atoms with Gasteiger partial charge in [-0.1, -0.05) is 6.58 Å². The van der Waals surface area contributed by atoms with Gasteiger partial charge >= 0.3 is 0 Å². The Labute approximate surface area is 263 Å². The largest absolute Gasteiger partial charge is 0.497 e. The van der Waals surface area contributed by atoms with Crippen LogP contribution in [0.3, 0.4) is 0 Å². The molecule has 42 heavy (non-hydrogen) atoms. The Morgan fingerprint density at radius 1 is 0.929 bits per heavy atom. The fourth-order valence-electron chi connectivity index (χ4n) is 5.78. The van der Waals surface area contributed by atoms with Crippen LogP contribution in [0.25, 0.3) is 20.5 Å². The predicted octanol–water partition coefficient (Wildman–Crippen LogP) is 8.45. The van der Waals surface area contributed by atoms with Crippen molar-refractivity contribution in [1.82, 2.24) is 9.80 Å². The van der Waals surface area contributed by atoms with Crippen molar-refractivity contribution in [3.63, 3.8) is 0 Å². The minimum absolute atomic E-state index is 0.689. The molecule has 5 nitrogen and oxygen atoms in total. The highest BCUT2D eigenvalue weighted by atomic mass is 79.9. The highest BCUT2D eigenvalue weighted by molar-refractivity contribution is 9.12. The second-order valence-electron chi connectivity index (χ2n) is 11.1. The molecule has 0 unspecified atom stereocenters. The molecule has 2 fully saturated rings. The van der Waals surface area contributed by atoms with Crippen LogP contribution in [0.1, 0.15) is 38.2 Å². The third kappa shape index (κ3) is 8.07. The number of halogens is 1. The van der Waals surface area contributed by atoms with Gasteiger partial charge in [0.25, 0.3) is 0 Å². The van der Waals surface area contributed by atoms with Crippen molar-refractivity contribution < 1.29 is 14.2 Å². The topological polar surface area (TPSA) is 34.2 Å². The van der Waals surface area contributed by atoms with Crippen molar-refractivity contribution in [2.45, 2.75) is 39.0 Å². The van der Waals surface area contributed by atoms with E-state index in [1.807, 2.05) is 19.1 Å². The standard InChI is InChI=1S/C35H43BrN2O3S/c1-4-33(41-22-20-38-17-7-8-18-38)32(36)24-26(2)23-31-30-14-13-29(39-3)25-34(30)42-35(31)27-9-11-28(12-10-27)40-21-19-37-15-5-6-16-37/h4,9-14,24-25H,2,5-8,15-23H2,1,3H3/b32-24+,33-4+. The first-order valence-corrected chi connectivity index (χ1v) is 16.8. The van der Waals surface area contributed by atoms with Gasteiger partial charge in [-0.25, -0.2) is 0 Å². The number of benzene rings is 2. The summed E-state index contributed by atoms with van der Waals surface area (Å²) in [6.07, 6.45) is 10.0. The number of methoxy groups -OCH3 is 1. The molecule has 0 bridgehead atoms. The Kier molecular flexibility index (Phi) is 11.2. The van der Waals surface area contributed by atoms with E-state index in [0.717, 1.165) is 53.4 Å². The first-order valence-electron chi connectivity index (χ1n) is 15.2. The SMILES string of the molecule is C=C(/C=C(Br)\C(=C/C)OCCN1CCCC1)Cc1c(-c2ccc(OCCN3CCCC3)cc2)sc2cc(OC)ccc12. The van der Waals surface area contributed by atoms with Crippen molar-refractivity contribution in [3.8, 4) is 21.9 Å². The lowest BCUT2D eigenvalue weighted by atomic mass is 9.99. The van der Waals surface area contributed by atoms with Crippen LogP contribution in [-0.2, 0) is 11.2 Å². The summed E-state index contributed by atoms with van der Waals surface area (Å²) in [6, 6.07) is 14.9. The van der Waals surface area contributed by atoms with E-state index in [1.165, 1.54) is 78.0 Å². The predicted molar refractivity (Wildman–Crippen MR) is 180 cm³/mol. The number of allylic oxidation sites excluding steroid dienone is 4. The van der Waals surface area contributed by atoms with Crippen LogP contribution >= 0.6 is 27.3 Å². The molecule has 0 N–H and O–H groups in total. The molecule has 0 atom stereocenters. The Bertz CT molecular complexity index is 1400. The first-order chi connectivity index (χ1) is 20.5. The lowest BCUT2D eigenvalue weighted by molar-refractivity contribution is 0.179. The molecule has 2 aliphatic heterocycles. The summed E-state index contributed by atoms with van der Waals surface area (Å²) >= 11 is 5.57. The van der Waals surface area contributed by atoms with Gasteiger partial charge in [-0.2, -0.15) is 0 Å². The van der Waals surface area contributed by atoms with Gasteiger partial charge in [-0.05, 0) is 158 Å². The number of hydrogen-bond acceptors (Lipinski definition) is 6. The summed E-state index contributed by atoms with van der Waals surface area (Å²) in [6.45, 7) is 14.6. The van der Waals surface area contributed by atoms with Crippen LogP contribution in [0.2, 0.25) is 0 Å². The van der Waals surface area contributed by atoms with Gasteiger partial charge in [0.05, 0.1) is 11.6 Å². The van der Waals surface area contributed by atoms with E-state index in [0.29, 0.717) is 6.61 Å². The molecule has 2 aromatic carbocycles. The van der Waals surface area contributed by atoms with Gasteiger partial charge in [0.2, 0.25) is 0 Å². The monoisotopic (exact) mass is 650 g/mol. The summed E-state index contributed by atoms with van der Waals surface area (Å²) < 4.78 is 19.9. The molecular weight excluding hydrogens is 608 g/mol. The lowest BCUT2D eigenvalue weighted by Gasteiger charge is -2.16. The van der Waals surface area contributed by atoms with E-state index in [1.54, 1.807) is 18.4 Å². The average molecular weight is 652 g/mol. The molecule has 0 radical (unpaired) electrons. The summed E-state index contributed by atoms with van der Waals surface area (Å²) in [4.78, 5) is 6.20. The Morgan fingerprint density at radius 2 is 1.57 bits per heavy atom. The average Bonchev–Trinajstić information content (AvgIpc) is 3.78. The molecule has 2 saturated heterocycles. The molecule has 0 aliphatic carbocycles. The van der Waals surface area contributed by atoms with Gasteiger partial charge in [-0.15, -0.1) is 11.3 Å². The molecule has 0 amide bonds. The number of fused-ring (bicyclic) bond motifs is 1. The second kappa shape index (κ2) is 15.2. The van der Waals surface area contributed by atoms with E-state index in [4.69, 9.17) is 14.2 Å². The van der Waals surface area contributed by atoms with Crippen molar-refractivity contribution >= 4 is 37.4 Å². The van der Waals surface area contributed by atoms with Crippen LogP contribution < -0.4 is 9.47 Å². The molecule has 2 aliphatic rings. The van der Waals surface area contributed by atoms with Gasteiger partial charge in [0.15, 0.2) is 0 Å². The maximum atomic E-state index is 6.14. The third-order valence-corrected chi connectivity index (χ3v) is 9.95. The van der Waals surface area contributed by atoms with E-state index < -0.39 is 0 Å². The van der Waals surface area contributed by atoms with Gasteiger partial charge < -0.3 is 14.2 Å². The molecule has 224 valence electrons. The normalized spacial score (nSPS) is 16.8. The van der Waals surface area contributed by atoms with Crippen LogP contribution in [0.15, 0.2) is 77.0 Å². The fourth-order valence-corrected chi connectivity index (χ4v) is 7.70. The highest BCUT2D eigenvalue weighted by Gasteiger charge is 2.17. The maximum Gasteiger partial charge on any atom is 0.129 e. The highest BCUT2D eigenvalue weighted by Crippen LogP contribution is 2.42. The number of rotatable bonds is 14. The van der Waals surface area contributed by atoms with E-state index in [-0.39, 0.29) is 0 Å². The van der Waals surface area contributed by atoms with E-state index in [2.05, 4.69) is 74.8 Å². The summed E-state index contributed by atoms with van der Waals surface area (Å²) in [5, 5.41) is 1.24. The Balaban J connectivity index is 1.30. The maximum absolute atomic E-state index is 6.14. The van der Waals surface area contributed by atoms with E-state index >= 15 is 0 Å². The van der Waals surface area contributed by atoms with Crippen LogP contribution in [0.4, 0.5) is 0 Å². The Morgan fingerprint density at radius 3 is 2.21 bits per heavy atom. The number of thiophene rings is 1. The van der Waals surface area contributed by atoms with Gasteiger partial charge in [-0.3, -0.25) is 9.80 Å². The molecule has 7 heteroatoms. The van der Waals surface area contributed by atoms with Crippen molar-refractivity contribution in [1.29, 1.82) is 0 Å². The quantitative estimate of drug-likeness (QED) is 0.129. The summed E-state index contributed by atoms with van der Waals surface area (Å²) in [5.41, 5.74) is 3.48. The molecule has 3 heterocycles. The zero-order valence-electron chi connectivity index (χ0n) is 25.0. The molecule has 5 rings (SSSR count). The van der Waals surface area contributed by atoms with Crippen molar-refractivity contribution in [2.24, 2.45) is 0 Å². The van der Waals surface area contributed by atoms with Crippen LogP contribution in [0.5, 0.6) is 11.5 Å². The summed E-state index contributed by atoms with van der Waals surface area (Å²) in [5.74, 6) is 2.65. The molecule has 3 aromatic rings. The zero-order valence-corrected chi connectivity index (χ0v) is 27.4. The van der Waals surface area contributed by atoms with Crippen molar-refractivity contribution in [2.75, 3.05) is 59.6 Å². The zero-order chi connectivity index (χ0) is 29.3.